The zero-order chi connectivity index (χ0) is 14.5. The summed E-state index contributed by atoms with van der Waals surface area (Å²) in [5, 5.41) is 12.5. The summed E-state index contributed by atoms with van der Waals surface area (Å²) in [6.07, 6.45) is 0.948. The number of carbonyl (C=O) groups is 1. The molecule has 2 aromatic rings. The summed E-state index contributed by atoms with van der Waals surface area (Å²) in [6.45, 7) is 4.06. The lowest BCUT2D eigenvalue weighted by Gasteiger charge is -2.17. The first-order chi connectivity index (χ1) is 9.60. The average Bonchev–Trinajstić information content (AvgIpc) is 2.45. The van der Waals surface area contributed by atoms with Crippen molar-refractivity contribution in [3.63, 3.8) is 0 Å². The molecule has 2 N–H and O–H groups in total. The summed E-state index contributed by atoms with van der Waals surface area (Å²) < 4.78 is 0. The van der Waals surface area contributed by atoms with Crippen molar-refractivity contribution in [2.75, 3.05) is 5.32 Å². The van der Waals surface area contributed by atoms with Gasteiger partial charge in [0.05, 0.1) is 0 Å². The SMILES string of the molecule is CCc1ccc(C(Nc2cccc(C)c2)C(=O)O)cc1. The zero-order valence-electron chi connectivity index (χ0n) is 11.8. The molecule has 0 aliphatic heterocycles. The van der Waals surface area contributed by atoms with Gasteiger partial charge >= 0.3 is 5.97 Å². The third kappa shape index (κ3) is 3.38. The number of aliphatic carboxylic acids is 1. The van der Waals surface area contributed by atoms with E-state index < -0.39 is 12.0 Å². The molecule has 2 rings (SSSR count). The Morgan fingerprint density at radius 3 is 2.45 bits per heavy atom. The Hall–Kier alpha value is -2.29. The van der Waals surface area contributed by atoms with Crippen molar-refractivity contribution in [1.29, 1.82) is 0 Å². The molecule has 0 spiro atoms. The molecule has 3 nitrogen and oxygen atoms in total. The van der Waals surface area contributed by atoms with Crippen molar-refractivity contribution in [3.05, 3.63) is 65.2 Å². The number of aryl methyl sites for hydroxylation is 2. The smallest absolute Gasteiger partial charge is 0.330 e. The second-order valence-electron chi connectivity index (χ2n) is 4.88. The van der Waals surface area contributed by atoms with E-state index >= 15 is 0 Å². The average molecular weight is 269 g/mol. The molecular formula is C17H19NO2. The summed E-state index contributed by atoms with van der Waals surface area (Å²) in [5.74, 6) is -0.879. The molecule has 0 amide bonds. The summed E-state index contributed by atoms with van der Waals surface area (Å²) in [4.78, 5) is 11.5. The molecule has 104 valence electrons. The van der Waals surface area contributed by atoms with E-state index in [0.717, 1.165) is 23.2 Å². The molecule has 20 heavy (non-hydrogen) atoms. The van der Waals surface area contributed by atoms with Crippen LogP contribution in [0.25, 0.3) is 0 Å². The first kappa shape index (κ1) is 14.1. The van der Waals surface area contributed by atoms with Crippen LogP contribution in [0.2, 0.25) is 0 Å². The highest BCUT2D eigenvalue weighted by atomic mass is 16.4. The Labute approximate surface area is 119 Å². The maximum Gasteiger partial charge on any atom is 0.330 e. The number of carboxylic acid groups (broad SMARTS) is 1. The van der Waals surface area contributed by atoms with Gasteiger partial charge in [-0.05, 0) is 42.2 Å². The molecule has 0 fully saturated rings. The van der Waals surface area contributed by atoms with Crippen LogP contribution in [0.15, 0.2) is 48.5 Å². The minimum absolute atomic E-state index is 0.734. The second-order valence-corrected chi connectivity index (χ2v) is 4.88. The molecule has 0 radical (unpaired) electrons. The van der Waals surface area contributed by atoms with Crippen LogP contribution < -0.4 is 5.32 Å². The Morgan fingerprint density at radius 1 is 1.20 bits per heavy atom. The fraction of sp³-hybridized carbons (Fsp3) is 0.235. The Morgan fingerprint density at radius 2 is 1.90 bits per heavy atom. The molecule has 3 heteroatoms. The van der Waals surface area contributed by atoms with E-state index in [1.54, 1.807) is 0 Å². The largest absolute Gasteiger partial charge is 0.479 e. The second kappa shape index (κ2) is 6.24. The minimum atomic E-state index is -0.879. The number of hydrogen-bond acceptors (Lipinski definition) is 2. The lowest BCUT2D eigenvalue weighted by atomic mass is 10.0. The standard InChI is InChI=1S/C17H19NO2/c1-3-13-7-9-14(10-8-13)16(17(19)20)18-15-6-4-5-12(2)11-15/h4-11,16,18H,3H2,1-2H3,(H,19,20). The highest BCUT2D eigenvalue weighted by Crippen LogP contribution is 2.21. The lowest BCUT2D eigenvalue weighted by Crippen LogP contribution is -2.20. The minimum Gasteiger partial charge on any atom is -0.479 e. The number of hydrogen-bond donors (Lipinski definition) is 2. The van der Waals surface area contributed by atoms with E-state index in [0.29, 0.717) is 0 Å². The van der Waals surface area contributed by atoms with Crippen LogP contribution in [-0.4, -0.2) is 11.1 Å². The number of nitrogens with one attached hydrogen (secondary N) is 1. The molecule has 1 atom stereocenters. The van der Waals surface area contributed by atoms with Gasteiger partial charge in [-0.15, -0.1) is 0 Å². The van der Waals surface area contributed by atoms with Crippen molar-refractivity contribution in [2.45, 2.75) is 26.3 Å². The Balaban J connectivity index is 2.24. The van der Waals surface area contributed by atoms with E-state index in [1.807, 2.05) is 55.5 Å². The number of rotatable bonds is 5. The van der Waals surface area contributed by atoms with Gasteiger partial charge in [-0.3, -0.25) is 0 Å². The van der Waals surface area contributed by atoms with Crippen LogP contribution in [0.4, 0.5) is 5.69 Å². The van der Waals surface area contributed by atoms with Gasteiger partial charge in [-0.2, -0.15) is 0 Å². The molecule has 0 aromatic heterocycles. The Kier molecular flexibility index (Phi) is 4.41. The number of anilines is 1. The van der Waals surface area contributed by atoms with Gasteiger partial charge in [0.25, 0.3) is 0 Å². The van der Waals surface area contributed by atoms with Crippen LogP contribution in [0.5, 0.6) is 0 Å². The third-order valence-electron chi connectivity index (χ3n) is 3.30. The van der Waals surface area contributed by atoms with Crippen LogP contribution >= 0.6 is 0 Å². The van der Waals surface area contributed by atoms with E-state index in [2.05, 4.69) is 12.2 Å². The lowest BCUT2D eigenvalue weighted by molar-refractivity contribution is -0.138. The van der Waals surface area contributed by atoms with Gasteiger partial charge in [0.2, 0.25) is 0 Å². The molecule has 2 aromatic carbocycles. The van der Waals surface area contributed by atoms with Crippen LogP contribution in [-0.2, 0) is 11.2 Å². The monoisotopic (exact) mass is 269 g/mol. The van der Waals surface area contributed by atoms with Gasteiger partial charge in [0.1, 0.15) is 0 Å². The fourth-order valence-electron chi connectivity index (χ4n) is 2.13. The molecule has 0 saturated heterocycles. The van der Waals surface area contributed by atoms with Crippen LogP contribution in [0.3, 0.4) is 0 Å². The molecule has 0 heterocycles. The number of benzene rings is 2. The topological polar surface area (TPSA) is 49.3 Å². The van der Waals surface area contributed by atoms with Crippen molar-refractivity contribution in [2.24, 2.45) is 0 Å². The first-order valence-electron chi connectivity index (χ1n) is 6.75. The van der Waals surface area contributed by atoms with Crippen LogP contribution in [0, 0.1) is 6.92 Å². The predicted molar refractivity (Wildman–Crippen MR) is 81.0 cm³/mol. The van der Waals surface area contributed by atoms with Crippen LogP contribution in [0.1, 0.15) is 29.7 Å². The molecule has 0 aliphatic rings. The van der Waals surface area contributed by atoms with Crippen molar-refractivity contribution < 1.29 is 9.90 Å². The summed E-state index contributed by atoms with van der Waals surface area (Å²) in [5.41, 5.74) is 3.88. The third-order valence-corrected chi connectivity index (χ3v) is 3.30. The summed E-state index contributed by atoms with van der Waals surface area (Å²) >= 11 is 0. The maximum atomic E-state index is 11.5. The normalized spacial score (nSPS) is 11.9. The molecule has 0 saturated carbocycles. The quantitative estimate of drug-likeness (QED) is 0.868. The highest BCUT2D eigenvalue weighted by Gasteiger charge is 2.19. The highest BCUT2D eigenvalue weighted by molar-refractivity contribution is 5.79. The summed E-state index contributed by atoms with van der Waals surface area (Å²) in [7, 11) is 0. The van der Waals surface area contributed by atoms with Crippen molar-refractivity contribution in [1.82, 2.24) is 0 Å². The van der Waals surface area contributed by atoms with Gasteiger partial charge < -0.3 is 10.4 Å². The maximum absolute atomic E-state index is 11.5. The van der Waals surface area contributed by atoms with Gasteiger partial charge in [0, 0.05) is 5.69 Å². The molecule has 0 bridgehead atoms. The van der Waals surface area contributed by atoms with E-state index in [4.69, 9.17) is 0 Å². The van der Waals surface area contributed by atoms with Crippen molar-refractivity contribution >= 4 is 11.7 Å². The molecule has 0 aliphatic carbocycles. The van der Waals surface area contributed by atoms with E-state index in [9.17, 15) is 9.90 Å². The number of carboxylic acids is 1. The summed E-state index contributed by atoms with van der Waals surface area (Å²) in [6, 6.07) is 14.7. The van der Waals surface area contributed by atoms with Gasteiger partial charge in [-0.25, -0.2) is 4.79 Å². The van der Waals surface area contributed by atoms with Gasteiger partial charge in [-0.1, -0.05) is 43.3 Å². The van der Waals surface area contributed by atoms with Crippen molar-refractivity contribution in [3.8, 4) is 0 Å². The fourth-order valence-corrected chi connectivity index (χ4v) is 2.13. The predicted octanol–water partition coefficient (Wildman–Crippen LogP) is 3.80. The molecule has 1 unspecified atom stereocenters. The van der Waals surface area contributed by atoms with E-state index in [-0.39, 0.29) is 0 Å². The zero-order valence-corrected chi connectivity index (χ0v) is 11.8. The molecular weight excluding hydrogens is 250 g/mol. The van der Waals surface area contributed by atoms with E-state index in [1.165, 1.54) is 5.56 Å². The first-order valence-corrected chi connectivity index (χ1v) is 6.75. The Bertz CT molecular complexity index is 590. The van der Waals surface area contributed by atoms with Gasteiger partial charge in [0.15, 0.2) is 6.04 Å².